The highest BCUT2D eigenvalue weighted by Crippen LogP contribution is 2.30. The lowest BCUT2D eigenvalue weighted by Gasteiger charge is -2.22. The Balaban J connectivity index is 1.75. The molecule has 2 aromatic rings. The van der Waals surface area contributed by atoms with Crippen molar-refractivity contribution in [1.29, 1.82) is 0 Å². The normalized spacial score (nSPS) is 14.5. The monoisotopic (exact) mass is 364 g/mol. The van der Waals surface area contributed by atoms with Crippen LogP contribution in [-0.4, -0.2) is 13.1 Å². The Morgan fingerprint density at radius 2 is 1.86 bits per heavy atom. The number of para-hydroxylation sites is 2. The van der Waals surface area contributed by atoms with E-state index in [0.29, 0.717) is 0 Å². The molecule has 0 bridgehead atoms. The van der Waals surface area contributed by atoms with Crippen molar-refractivity contribution in [3.8, 4) is 0 Å². The maximum Gasteiger partial charge on any atom is 0.0602 e. The van der Waals surface area contributed by atoms with Gasteiger partial charge in [0.05, 0.1) is 11.4 Å². The van der Waals surface area contributed by atoms with Crippen molar-refractivity contribution in [2.45, 2.75) is 19.4 Å². The Kier molecular flexibility index (Phi) is 4.71. The first-order valence-electron chi connectivity index (χ1n) is 7.26. The fourth-order valence-electron chi connectivity index (χ4n) is 2.71. The maximum atomic E-state index is 6.28. The molecule has 110 valence electrons. The van der Waals surface area contributed by atoms with Gasteiger partial charge in [0.25, 0.3) is 0 Å². The highest BCUT2D eigenvalue weighted by molar-refractivity contribution is 9.10. The van der Waals surface area contributed by atoms with E-state index >= 15 is 0 Å². The van der Waals surface area contributed by atoms with Crippen LogP contribution in [0.2, 0.25) is 5.02 Å². The van der Waals surface area contributed by atoms with Crippen LogP contribution in [0.25, 0.3) is 0 Å². The molecule has 0 spiro atoms. The van der Waals surface area contributed by atoms with E-state index in [9.17, 15) is 0 Å². The van der Waals surface area contributed by atoms with Crippen LogP contribution in [0.4, 0.5) is 11.4 Å². The first kappa shape index (κ1) is 14.7. The summed E-state index contributed by atoms with van der Waals surface area (Å²) < 4.78 is 1.01. The Morgan fingerprint density at radius 3 is 2.62 bits per heavy atom. The first-order valence-corrected chi connectivity index (χ1v) is 8.43. The molecule has 0 amide bonds. The molecule has 1 saturated heterocycles. The molecular formula is C17H18BrClN2. The molecule has 0 radical (unpaired) electrons. The van der Waals surface area contributed by atoms with Crippen molar-refractivity contribution in [2.24, 2.45) is 0 Å². The van der Waals surface area contributed by atoms with Crippen LogP contribution in [0.3, 0.4) is 0 Å². The Hall–Kier alpha value is -1.19. The molecule has 0 atom stereocenters. The van der Waals surface area contributed by atoms with Gasteiger partial charge in [-0.15, -0.1) is 0 Å². The van der Waals surface area contributed by atoms with Crippen LogP contribution < -0.4 is 10.2 Å². The van der Waals surface area contributed by atoms with E-state index in [1.54, 1.807) is 0 Å². The zero-order valence-corrected chi connectivity index (χ0v) is 14.1. The zero-order valence-electron chi connectivity index (χ0n) is 11.8. The van der Waals surface area contributed by atoms with Gasteiger partial charge in [0, 0.05) is 29.1 Å². The molecule has 1 N–H and O–H groups in total. The molecule has 3 rings (SSSR count). The van der Waals surface area contributed by atoms with E-state index < -0.39 is 0 Å². The van der Waals surface area contributed by atoms with Crippen LogP contribution in [-0.2, 0) is 6.54 Å². The van der Waals surface area contributed by atoms with Gasteiger partial charge in [-0.05, 0) is 42.7 Å². The van der Waals surface area contributed by atoms with Crippen LogP contribution in [0, 0.1) is 0 Å². The van der Waals surface area contributed by atoms with Crippen molar-refractivity contribution in [1.82, 2.24) is 0 Å². The minimum Gasteiger partial charge on any atom is -0.379 e. The second kappa shape index (κ2) is 6.71. The molecule has 2 nitrogen and oxygen atoms in total. The number of rotatable bonds is 4. The molecule has 1 aliphatic rings. The van der Waals surface area contributed by atoms with E-state index in [-0.39, 0.29) is 0 Å². The number of halogens is 2. The van der Waals surface area contributed by atoms with Crippen LogP contribution in [0.15, 0.2) is 46.9 Å². The predicted octanol–water partition coefficient (Wildman–Crippen LogP) is 5.31. The van der Waals surface area contributed by atoms with Gasteiger partial charge in [0.1, 0.15) is 0 Å². The second-order valence-electron chi connectivity index (χ2n) is 5.30. The lowest BCUT2D eigenvalue weighted by atomic mass is 10.2. The second-order valence-corrected chi connectivity index (χ2v) is 6.62. The highest BCUT2D eigenvalue weighted by Gasteiger charge is 2.15. The number of hydrogen-bond acceptors (Lipinski definition) is 2. The van der Waals surface area contributed by atoms with Crippen molar-refractivity contribution in [2.75, 3.05) is 23.3 Å². The summed E-state index contributed by atoms with van der Waals surface area (Å²) in [7, 11) is 0. The summed E-state index contributed by atoms with van der Waals surface area (Å²) in [4.78, 5) is 2.45. The topological polar surface area (TPSA) is 15.3 Å². The summed E-state index contributed by atoms with van der Waals surface area (Å²) >= 11 is 9.72. The molecule has 1 heterocycles. The number of anilines is 2. The van der Waals surface area contributed by atoms with Gasteiger partial charge in [0.2, 0.25) is 0 Å². The molecule has 0 unspecified atom stereocenters. The SMILES string of the molecule is Clc1cc(Br)ccc1CNc1ccccc1N1CCCC1. The van der Waals surface area contributed by atoms with Crippen LogP contribution in [0.1, 0.15) is 18.4 Å². The third-order valence-electron chi connectivity index (χ3n) is 3.84. The minimum absolute atomic E-state index is 0.733. The van der Waals surface area contributed by atoms with Crippen LogP contribution >= 0.6 is 27.5 Å². The minimum atomic E-state index is 0.733. The van der Waals surface area contributed by atoms with E-state index in [2.05, 4.69) is 56.5 Å². The Morgan fingerprint density at radius 1 is 1.10 bits per heavy atom. The quantitative estimate of drug-likeness (QED) is 0.789. The van der Waals surface area contributed by atoms with Crippen molar-refractivity contribution >= 4 is 38.9 Å². The largest absolute Gasteiger partial charge is 0.379 e. The summed E-state index contributed by atoms with van der Waals surface area (Å²) in [6.07, 6.45) is 2.57. The third kappa shape index (κ3) is 3.53. The molecule has 1 fully saturated rings. The fourth-order valence-corrected chi connectivity index (χ4v) is 3.45. The number of nitrogens with one attached hydrogen (secondary N) is 1. The summed E-state index contributed by atoms with van der Waals surface area (Å²) in [5.41, 5.74) is 3.58. The van der Waals surface area contributed by atoms with Gasteiger partial charge in [-0.1, -0.05) is 45.7 Å². The van der Waals surface area contributed by atoms with Gasteiger partial charge in [-0.25, -0.2) is 0 Å². The van der Waals surface area contributed by atoms with Crippen molar-refractivity contribution in [3.05, 3.63) is 57.5 Å². The van der Waals surface area contributed by atoms with Gasteiger partial charge >= 0.3 is 0 Å². The summed E-state index contributed by atoms with van der Waals surface area (Å²) in [6.45, 7) is 3.03. The molecule has 0 saturated carbocycles. The summed E-state index contributed by atoms with van der Waals surface area (Å²) in [6, 6.07) is 14.5. The van der Waals surface area contributed by atoms with E-state index in [1.807, 2.05) is 12.1 Å². The Labute approximate surface area is 139 Å². The molecular weight excluding hydrogens is 348 g/mol. The van der Waals surface area contributed by atoms with E-state index in [1.165, 1.54) is 24.2 Å². The summed E-state index contributed by atoms with van der Waals surface area (Å²) in [5, 5.41) is 4.31. The Bertz CT molecular complexity index is 624. The van der Waals surface area contributed by atoms with Gasteiger partial charge in [-0.3, -0.25) is 0 Å². The molecule has 0 aliphatic carbocycles. The molecule has 0 aromatic heterocycles. The third-order valence-corrected chi connectivity index (χ3v) is 4.68. The number of hydrogen-bond donors (Lipinski definition) is 1. The first-order chi connectivity index (χ1) is 10.2. The number of nitrogens with zero attached hydrogens (tertiary/aromatic N) is 1. The standard InChI is InChI=1S/C17H18BrClN2/c18-14-8-7-13(15(19)11-14)12-20-16-5-1-2-6-17(16)21-9-3-4-10-21/h1-2,5-8,11,20H,3-4,9-10,12H2. The zero-order chi connectivity index (χ0) is 14.7. The highest BCUT2D eigenvalue weighted by atomic mass is 79.9. The molecule has 2 aromatic carbocycles. The predicted molar refractivity (Wildman–Crippen MR) is 94.4 cm³/mol. The van der Waals surface area contributed by atoms with E-state index in [4.69, 9.17) is 11.6 Å². The summed E-state index contributed by atoms with van der Waals surface area (Å²) in [5.74, 6) is 0. The lowest BCUT2D eigenvalue weighted by molar-refractivity contribution is 0.949. The molecule has 21 heavy (non-hydrogen) atoms. The van der Waals surface area contributed by atoms with Gasteiger partial charge in [-0.2, -0.15) is 0 Å². The average Bonchev–Trinajstić information content (AvgIpc) is 3.01. The van der Waals surface area contributed by atoms with Gasteiger partial charge in [0.15, 0.2) is 0 Å². The van der Waals surface area contributed by atoms with E-state index in [0.717, 1.165) is 34.7 Å². The average molecular weight is 366 g/mol. The molecule has 1 aliphatic heterocycles. The lowest BCUT2D eigenvalue weighted by Crippen LogP contribution is -2.19. The smallest absolute Gasteiger partial charge is 0.0602 e. The molecule has 4 heteroatoms. The van der Waals surface area contributed by atoms with Crippen LogP contribution in [0.5, 0.6) is 0 Å². The van der Waals surface area contributed by atoms with Gasteiger partial charge < -0.3 is 10.2 Å². The number of benzene rings is 2. The fraction of sp³-hybridized carbons (Fsp3) is 0.294. The van der Waals surface area contributed by atoms with Crippen molar-refractivity contribution < 1.29 is 0 Å². The maximum absolute atomic E-state index is 6.28. The van der Waals surface area contributed by atoms with Crippen molar-refractivity contribution in [3.63, 3.8) is 0 Å².